The molecule has 0 aliphatic carbocycles. The topological polar surface area (TPSA) is 124 Å². The highest BCUT2D eigenvalue weighted by atomic mass is 32.2. The maximum absolute atomic E-state index is 13.1. The van der Waals surface area contributed by atoms with Crippen molar-refractivity contribution in [2.45, 2.75) is 39.1 Å². The highest BCUT2D eigenvalue weighted by molar-refractivity contribution is 7.89. The fraction of sp³-hybridized carbons (Fsp3) is 0.526. The molecule has 2 aromatic heterocycles. The van der Waals surface area contributed by atoms with Gasteiger partial charge in [0.05, 0.1) is 43.0 Å². The van der Waals surface area contributed by atoms with Gasteiger partial charge in [0.2, 0.25) is 15.8 Å². The Bertz CT molecular complexity index is 1090. The number of carbonyl (C=O) groups excluding carboxylic acids is 2. The Balaban J connectivity index is 1.91. The number of hydrogen-bond acceptors (Lipinski definition) is 7. The van der Waals surface area contributed by atoms with Gasteiger partial charge in [-0.3, -0.25) is 9.48 Å². The third-order valence-corrected chi connectivity index (χ3v) is 7.43. The van der Waals surface area contributed by atoms with Crippen LogP contribution in [0.25, 0.3) is 0 Å². The van der Waals surface area contributed by atoms with E-state index in [0.717, 1.165) is 0 Å². The summed E-state index contributed by atoms with van der Waals surface area (Å²) < 4.78 is 38.9. The molecule has 3 heterocycles. The maximum Gasteiger partial charge on any atom is 0.339 e. The van der Waals surface area contributed by atoms with Crippen molar-refractivity contribution in [3.8, 4) is 0 Å². The Morgan fingerprint density at radius 2 is 1.80 bits per heavy atom. The lowest BCUT2D eigenvalue weighted by Crippen LogP contribution is -2.41. The van der Waals surface area contributed by atoms with E-state index in [1.807, 2.05) is 0 Å². The molecule has 0 aromatic carbocycles. The van der Waals surface area contributed by atoms with Gasteiger partial charge >= 0.3 is 5.97 Å². The van der Waals surface area contributed by atoms with E-state index in [-0.39, 0.29) is 36.0 Å². The minimum absolute atomic E-state index is 0.117. The molecule has 11 heteroatoms. The van der Waals surface area contributed by atoms with Crippen LogP contribution in [0, 0.1) is 27.7 Å². The second-order valence-corrected chi connectivity index (χ2v) is 9.09. The van der Waals surface area contributed by atoms with Gasteiger partial charge in [-0.15, -0.1) is 0 Å². The number of esters is 1. The molecular weight excluding hydrogens is 412 g/mol. The SMILES string of the molecule is COC(=O)c1c(C)[nH]c(C(=O)Cn2nc(C)c(S(=O)(=O)N3CCOCC3)c2C)c1C. The maximum atomic E-state index is 13.1. The van der Waals surface area contributed by atoms with Crippen LogP contribution in [0.2, 0.25) is 0 Å². The number of carbonyl (C=O) groups is 2. The van der Waals surface area contributed by atoms with Gasteiger partial charge in [0, 0.05) is 18.8 Å². The van der Waals surface area contributed by atoms with E-state index < -0.39 is 16.0 Å². The quantitative estimate of drug-likeness (QED) is 0.530. The molecule has 164 valence electrons. The number of rotatable bonds is 6. The summed E-state index contributed by atoms with van der Waals surface area (Å²) in [4.78, 5) is 27.9. The monoisotopic (exact) mass is 438 g/mol. The number of ether oxygens (including phenoxy) is 2. The number of methoxy groups -OCH3 is 1. The smallest absolute Gasteiger partial charge is 0.339 e. The van der Waals surface area contributed by atoms with E-state index in [2.05, 4.69) is 10.1 Å². The number of morpholine rings is 1. The van der Waals surface area contributed by atoms with Gasteiger partial charge < -0.3 is 14.5 Å². The largest absolute Gasteiger partial charge is 0.465 e. The first-order valence-corrected chi connectivity index (χ1v) is 11.0. The van der Waals surface area contributed by atoms with Gasteiger partial charge in [0.1, 0.15) is 11.4 Å². The summed E-state index contributed by atoms with van der Waals surface area (Å²) in [7, 11) is -2.46. The molecule has 0 unspecified atom stereocenters. The van der Waals surface area contributed by atoms with Crippen LogP contribution >= 0.6 is 0 Å². The van der Waals surface area contributed by atoms with Crippen molar-refractivity contribution in [3.05, 3.63) is 33.9 Å². The second kappa shape index (κ2) is 8.32. The molecule has 0 saturated carbocycles. The van der Waals surface area contributed by atoms with Crippen LogP contribution in [0.4, 0.5) is 0 Å². The average Bonchev–Trinajstić information content (AvgIpc) is 3.16. The highest BCUT2D eigenvalue weighted by Crippen LogP contribution is 2.25. The van der Waals surface area contributed by atoms with Crippen LogP contribution in [0.15, 0.2) is 4.90 Å². The predicted octanol–water partition coefficient (Wildman–Crippen LogP) is 1.14. The third kappa shape index (κ3) is 3.80. The van der Waals surface area contributed by atoms with Gasteiger partial charge in [-0.25, -0.2) is 13.2 Å². The number of nitrogens with zero attached hydrogens (tertiary/aromatic N) is 3. The fourth-order valence-corrected chi connectivity index (χ4v) is 5.56. The van der Waals surface area contributed by atoms with Crippen molar-refractivity contribution in [3.63, 3.8) is 0 Å². The van der Waals surface area contributed by atoms with E-state index in [1.54, 1.807) is 27.7 Å². The zero-order valence-electron chi connectivity index (χ0n) is 17.7. The van der Waals surface area contributed by atoms with Gasteiger partial charge in [-0.05, 0) is 33.3 Å². The molecule has 0 bridgehead atoms. The van der Waals surface area contributed by atoms with Crippen LogP contribution < -0.4 is 0 Å². The van der Waals surface area contributed by atoms with Gasteiger partial charge in [-0.2, -0.15) is 9.40 Å². The van der Waals surface area contributed by atoms with Crippen molar-refractivity contribution in [2.75, 3.05) is 33.4 Å². The number of sulfonamides is 1. The number of aromatic amines is 1. The van der Waals surface area contributed by atoms with Crippen LogP contribution in [0.5, 0.6) is 0 Å². The summed E-state index contributed by atoms with van der Waals surface area (Å²) in [5, 5.41) is 4.30. The van der Waals surface area contributed by atoms with E-state index in [9.17, 15) is 18.0 Å². The lowest BCUT2D eigenvalue weighted by Gasteiger charge is -2.26. The number of nitrogens with one attached hydrogen (secondary N) is 1. The second-order valence-electron chi connectivity index (χ2n) is 7.21. The normalized spacial score (nSPS) is 15.4. The molecule has 2 aromatic rings. The van der Waals surface area contributed by atoms with Crippen LogP contribution in [-0.4, -0.2) is 72.7 Å². The van der Waals surface area contributed by atoms with E-state index in [1.165, 1.54) is 16.1 Å². The van der Waals surface area contributed by atoms with Crippen LogP contribution in [0.1, 0.15) is 43.5 Å². The zero-order chi connectivity index (χ0) is 22.2. The first kappa shape index (κ1) is 22.2. The van der Waals surface area contributed by atoms with E-state index in [0.29, 0.717) is 41.4 Å². The Morgan fingerprint density at radius 3 is 2.40 bits per heavy atom. The first-order valence-electron chi connectivity index (χ1n) is 9.52. The molecule has 1 saturated heterocycles. The highest BCUT2D eigenvalue weighted by Gasteiger charge is 2.32. The fourth-order valence-electron chi connectivity index (χ4n) is 3.78. The Hall–Kier alpha value is -2.50. The predicted molar refractivity (Wildman–Crippen MR) is 107 cm³/mol. The third-order valence-electron chi connectivity index (χ3n) is 5.28. The molecule has 0 atom stereocenters. The summed E-state index contributed by atoms with van der Waals surface area (Å²) >= 11 is 0. The van der Waals surface area contributed by atoms with Crippen molar-refractivity contribution < 1.29 is 27.5 Å². The van der Waals surface area contributed by atoms with Crippen molar-refractivity contribution in [1.29, 1.82) is 0 Å². The number of H-pyrrole nitrogens is 1. The summed E-state index contributed by atoms with van der Waals surface area (Å²) in [6.07, 6.45) is 0. The molecule has 3 rings (SSSR count). The molecule has 1 aliphatic rings. The van der Waals surface area contributed by atoms with Gasteiger partial charge in [0.15, 0.2) is 0 Å². The number of ketones is 1. The number of Topliss-reactive ketones (excluding diaryl/α,β-unsaturated/α-hetero) is 1. The lowest BCUT2D eigenvalue weighted by molar-refractivity contribution is 0.0599. The molecule has 0 spiro atoms. The summed E-state index contributed by atoms with van der Waals surface area (Å²) in [6, 6.07) is 0. The first-order chi connectivity index (χ1) is 14.1. The lowest BCUT2D eigenvalue weighted by atomic mass is 10.1. The molecule has 10 nitrogen and oxygen atoms in total. The molecule has 1 fully saturated rings. The van der Waals surface area contributed by atoms with Crippen LogP contribution in [-0.2, 0) is 26.0 Å². The Labute approximate surface area is 175 Å². The Kier molecular flexibility index (Phi) is 6.16. The Morgan fingerprint density at radius 1 is 1.17 bits per heavy atom. The number of aryl methyl sites for hydroxylation is 2. The van der Waals surface area contributed by atoms with Crippen LogP contribution in [0.3, 0.4) is 0 Å². The molecule has 1 aliphatic heterocycles. The minimum Gasteiger partial charge on any atom is -0.465 e. The summed E-state index contributed by atoms with van der Waals surface area (Å²) in [5.41, 5.74) is 2.35. The molecule has 0 radical (unpaired) electrons. The van der Waals surface area contributed by atoms with Gasteiger partial charge in [0.25, 0.3) is 0 Å². The standard InChI is InChI=1S/C19H26N4O6S/c1-11-16(19(25)28-5)12(2)20-17(11)15(24)10-23-14(4)18(13(3)21-23)30(26,27)22-6-8-29-9-7-22/h20H,6-10H2,1-5H3. The zero-order valence-corrected chi connectivity index (χ0v) is 18.6. The van der Waals surface area contributed by atoms with Crippen molar-refractivity contribution in [1.82, 2.24) is 19.1 Å². The molecule has 0 amide bonds. The van der Waals surface area contributed by atoms with E-state index >= 15 is 0 Å². The summed E-state index contributed by atoms with van der Waals surface area (Å²) in [5.74, 6) is -0.836. The number of aromatic nitrogens is 3. The van der Waals surface area contributed by atoms with Gasteiger partial charge in [-0.1, -0.05) is 0 Å². The summed E-state index contributed by atoms with van der Waals surface area (Å²) in [6.45, 7) is 7.69. The minimum atomic E-state index is -3.74. The average molecular weight is 439 g/mol. The number of hydrogen-bond donors (Lipinski definition) is 1. The van der Waals surface area contributed by atoms with E-state index in [4.69, 9.17) is 9.47 Å². The molecule has 30 heavy (non-hydrogen) atoms. The van der Waals surface area contributed by atoms with Crippen molar-refractivity contribution in [2.24, 2.45) is 0 Å². The molecular formula is C19H26N4O6S. The van der Waals surface area contributed by atoms with Crippen molar-refractivity contribution >= 4 is 21.8 Å². The molecule has 1 N–H and O–H groups in total.